The third kappa shape index (κ3) is 5.64. The monoisotopic (exact) mass is 430 g/mol. The molecule has 0 aliphatic carbocycles. The highest BCUT2D eigenvalue weighted by molar-refractivity contribution is 5.85. The summed E-state index contributed by atoms with van der Waals surface area (Å²) in [6, 6.07) is 8.88. The number of hydrogen-bond donors (Lipinski definition) is 1. The SMILES string of the molecule is CCCCCCCCCCn1ccc2ccc(-c3noc(C4CCCN4)n3)cc21.Cl. The predicted octanol–water partition coefficient (Wildman–Crippen LogP) is 6.68. The van der Waals surface area contributed by atoms with Crippen molar-refractivity contribution in [1.82, 2.24) is 20.0 Å². The van der Waals surface area contributed by atoms with Crippen molar-refractivity contribution in [3.63, 3.8) is 0 Å². The largest absolute Gasteiger partial charge is 0.347 e. The predicted molar refractivity (Wildman–Crippen MR) is 125 cm³/mol. The summed E-state index contributed by atoms with van der Waals surface area (Å²) in [7, 11) is 0. The van der Waals surface area contributed by atoms with Crippen molar-refractivity contribution in [1.29, 1.82) is 0 Å². The molecule has 5 nitrogen and oxygen atoms in total. The minimum atomic E-state index is 0. The molecule has 0 amide bonds. The molecule has 0 bridgehead atoms. The number of nitrogens with one attached hydrogen (secondary N) is 1. The summed E-state index contributed by atoms with van der Waals surface area (Å²) in [4.78, 5) is 4.65. The number of hydrogen-bond acceptors (Lipinski definition) is 4. The van der Waals surface area contributed by atoms with Crippen LogP contribution in [0.3, 0.4) is 0 Å². The first-order chi connectivity index (χ1) is 14.3. The van der Waals surface area contributed by atoms with Gasteiger partial charge in [0.2, 0.25) is 11.7 Å². The molecule has 1 N–H and O–H groups in total. The van der Waals surface area contributed by atoms with Crippen LogP contribution in [0.1, 0.15) is 83.1 Å². The number of nitrogens with zero attached hydrogens (tertiary/aromatic N) is 3. The molecule has 1 saturated heterocycles. The number of rotatable bonds is 11. The van der Waals surface area contributed by atoms with Gasteiger partial charge in [-0.05, 0) is 43.3 Å². The van der Waals surface area contributed by atoms with Crippen molar-refractivity contribution >= 4 is 23.3 Å². The van der Waals surface area contributed by atoms with Crippen molar-refractivity contribution in [2.75, 3.05) is 6.54 Å². The lowest BCUT2D eigenvalue weighted by Crippen LogP contribution is -2.12. The number of unbranched alkanes of at least 4 members (excludes halogenated alkanes) is 7. The molecule has 1 aromatic carbocycles. The molecule has 1 unspecified atom stereocenters. The molecule has 6 heteroatoms. The highest BCUT2D eigenvalue weighted by Gasteiger charge is 2.22. The van der Waals surface area contributed by atoms with Gasteiger partial charge in [0.15, 0.2) is 0 Å². The summed E-state index contributed by atoms with van der Waals surface area (Å²) in [5, 5.41) is 8.93. The highest BCUT2D eigenvalue weighted by atomic mass is 35.5. The van der Waals surface area contributed by atoms with Crippen LogP contribution < -0.4 is 5.32 Å². The molecule has 1 aliphatic rings. The van der Waals surface area contributed by atoms with Crippen LogP contribution in [0.2, 0.25) is 0 Å². The molecule has 1 fully saturated rings. The fraction of sp³-hybridized carbons (Fsp3) is 0.583. The molecule has 2 aromatic heterocycles. The van der Waals surface area contributed by atoms with E-state index in [2.05, 4.69) is 57.4 Å². The molecule has 164 valence electrons. The Bertz CT molecular complexity index is 898. The van der Waals surface area contributed by atoms with E-state index >= 15 is 0 Å². The second-order valence-corrected chi connectivity index (χ2v) is 8.36. The van der Waals surface area contributed by atoms with Gasteiger partial charge in [0, 0.05) is 23.8 Å². The molecule has 0 radical (unpaired) electrons. The summed E-state index contributed by atoms with van der Waals surface area (Å²) >= 11 is 0. The normalized spacial score (nSPS) is 16.2. The van der Waals surface area contributed by atoms with E-state index < -0.39 is 0 Å². The minimum Gasteiger partial charge on any atom is -0.347 e. The van der Waals surface area contributed by atoms with Crippen LogP contribution in [-0.2, 0) is 6.54 Å². The lowest BCUT2D eigenvalue weighted by atomic mass is 10.1. The van der Waals surface area contributed by atoms with Gasteiger partial charge in [-0.25, -0.2) is 0 Å². The van der Waals surface area contributed by atoms with Gasteiger partial charge in [0.25, 0.3) is 0 Å². The van der Waals surface area contributed by atoms with Crippen LogP contribution in [0.15, 0.2) is 35.0 Å². The van der Waals surface area contributed by atoms with Crippen molar-refractivity contribution in [2.45, 2.75) is 83.7 Å². The minimum absolute atomic E-state index is 0. The lowest BCUT2D eigenvalue weighted by Gasteiger charge is -2.06. The summed E-state index contributed by atoms with van der Waals surface area (Å²) in [6.07, 6.45) is 15.2. The summed E-state index contributed by atoms with van der Waals surface area (Å²) in [6.45, 7) is 4.38. The third-order valence-electron chi connectivity index (χ3n) is 6.08. The lowest BCUT2D eigenvalue weighted by molar-refractivity contribution is 0.345. The number of halogens is 1. The fourth-order valence-electron chi connectivity index (χ4n) is 4.32. The van der Waals surface area contributed by atoms with E-state index in [0.717, 1.165) is 25.1 Å². The van der Waals surface area contributed by atoms with Crippen LogP contribution in [0.5, 0.6) is 0 Å². The fourth-order valence-corrected chi connectivity index (χ4v) is 4.32. The topological polar surface area (TPSA) is 55.9 Å². The summed E-state index contributed by atoms with van der Waals surface area (Å²) in [5.74, 6) is 1.40. The van der Waals surface area contributed by atoms with Gasteiger partial charge >= 0.3 is 0 Å². The molecule has 4 rings (SSSR count). The van der Waals surface area contributed by atoms with Crippen molar-refractivity contribution < 1.29 is 4.52 Å². The van der Waals surface area contributed by atoms with Gasteiger partial charge in [0.05, 0.1) is 6.04 Å². The highest BCUT2D eigenvalue weighted by Crippen LogP contribution is 2.27. The van der Waals surface area contributed by atoms with E-state index in [0.29, 0.717) is 11.7 Å². The van der Waals surface area contributed by atoms with Crippen molar-refractivity contribution in [2.24, 2.45) is 0 Å². The number of aryl methyl sites for hydroxylation is 1. The Morgan fingerprint density at radius 3 is 2.63 bits per heavy atom. The smallest absolute Gasteiger partial charge is 0.244 e. The first-order valence-electron chi connectivity index (χ1n) is 11.5. The van der Waals surface area contributed by atoms with E-state index in [-0.39, 0.29) is 18.4 Å². The van der Waals surface area contributed by atoms with Gasteiger partial charge in [-0.3, -0.25) is 0 Å². The maximum atomic E-state index is 5.52. The number of aromatic nitrogens is 3. The molecule has 3 aromatic rings. The van der Waals surface area contributed by atoms with Gasteiger partial charge in [-0.15, -0.1) is 12.4 Å². The molecular weight excluding hydrogens is 396 g/mol. The average molecular weight is 431 g/mol. The van der Waals surface area contributed by atoms with E-state index in [1.807, 2.05) is 0 Å². The van der Waals surface area contributed by atoms with Crippen molar-refractivity contribution in [3.05, 3.63) is 36.4 Å². The van der Waals surface area contributed by atoms with Crippen LogP contribution in [0.4, 0.5) is 0 Å². The standard InChI is InChI=1S/C24H34N4O.ClH/c1-2-3-4-5-6-7-8-9-16-28-17-14-19-12-13-20(18-22(19)28)23-26-24(29-27-23)21-11-10-15-25-21;/h12-14,17-18,21,25H,2-11,15-16H2,1H3;1H. The third-order valence-corrected chi connectivity index (χ3v) is 6.08. The summed E-state index contributed by atoms with van der Waals surface area (Å²) in [5.41, 5.74) is 2.29. The summed E-state index contributed by atoms with van der Waals surface area (Å²) < 4.78 is 7.89. The van der Waals surface area contributed by atoms with Gasteiger partial charge in [0.1, 0.15) is 0 Å². The van der Waals surface area contributed by atoms with Crippen LogP contribution >= 0.6 is 12.4 Å². The van der Waals surface area contributed by atoms with Crippen LogP contribution in [0, 0.1) is 0 Å². The zero-order chi connectivity index (χ0) is 19.9. The average Bonchev–Trinajstić information content (AvgIpc) is 3.50. The Kier molecular flexibility index (Phi) is 8.76. The van der Waals surface area contributed by atoms with Crippen LogP contribution in [0.25, 0.3) is 22.3 Å². The van der Waals surface area contributed by atoms with Gasteiger partial charge in [-0.2, -0.15) is 4.98 Å². The number of benzene rings is 1. The molecule has 1 aliphatic heterocycles. The Labute approximate surface area is 186 Å². The first kappa shape index (κ1) is 22.8. The molecule has 0 spiro atoms. The Hall–Kier alpha value is -1.85. The Morgan fingerprint density at radius 1 is 1.07 bits per heavy atom. The van der Waals surface area contributed by atoms with Gasteiger partial charge in [-0.1, -0.05) is 69.2 Å². The van der Waals surface area contributed by atoms with Gasteiger partial charge < -0.3 is 14.4 Å². The maximum absolute atomic E-state index is 5.52. The quantitative estimate of drug-likeness (QED) is 0.345. The molecule has 0 saturated carbocycles. The molecule has 3 heterocycles. The van der Waals surface area contributed by atoms with Crippen molar-refractivity contribution in [3.8, 4) is 11.4 Å². The Morgan fingerprint density at radius 2 is 1.87 bits per heavy atom. The zero-order valence-corrected chi connectivity index (χ0v) is 18.9. The van der Waals surface area contributed by atoms with E-state index in [1.165, 1.54) is 68.7 Å². The number of fused-ring (bicyclic) bond motifs is 1. The molecular formula is C24H35ClN4O. The maximum Gasteiger partial charge on any atom is 0.244 e. The van der Waals surface area contributed by atoms with E-state index in [9.17, 15) is 0 Å². The van der Waals surface area contributed by atoms with Crippen LogP contribution in [-0.4, -0.2) is 21.3 Å². The molecule has 30 heavy (non-hydrogen) atoms. The Balaban J connectivity index is 0.00000256. The van der Waals surface area contributed by atoms with E-state index in [1.54, 1.807) is 0 Å². The van der Waals surface area contributed by atoms with E-state index in [4.69, 9.17) is 4.52 Å². The second kappa shape index (κ2) is 11.5. The first-order valence-corrected chi connectivity index (χ1v) is 11.5. The second-order valence-electron chi connectivity index (χ2n) is 8.36. The zero-order valence-electron chi connectivity index (χ0n) is 18.1. The molecule has 1 atom stereocenters.